The SMILES string of the molecule is O=C1OCc2cccc(OCc3ccccc3)c21. The quantitative estimate of drug-likeness (QED) is 0.774. The summed E-state index contributed by atoms with van der Waals surface area (Å²) in [6, 6.07) is 15.4. The highest BCUT2D eigenvalue weighted by Crippen LogP contribution is 2.29. The van der Waals surface area contributed by atoms with E-state index in [2.05, 4.69) is 0 Å². The Labute approximate surface area is 105 Å². The summed E-state index contributed by atoms with van der Waals surface area (Å²) in [5.74, 6) is 0.299. The van der Waals surface area contributed by atoms with Gasteiger partial charge in [-0.25, -0.2) is 4.79 Å². The molecule has 0 aromatic heterocycles. The Bertz CT molecular complexity index is 576. The Hall–Kier alpha value is -2.29. The van der Waals surface area contributed by atoms with Crippen LogP contribution in [0.1, 0.15) is 21.5 Å². The highest BCUT2D eigenvalue weighted by molar-refractivity contribution is 5.96. The number of cyclic esters (lactones) is 1. The van der Waals surface area contributed by atoms with Crippen LogP contribution in [-0.4, -0.2) is 5.97 Å². The monoisotopic (exact) mass is 240 g/mol. The molecule has 0 saturated heterocycles. The smallest absolute Gasteiger partial charge is 0.342 e. The van der Waals surface area contributed by atoms with Crippen LogP contribution in [0.5, 0.6) is 5.75 Å². The van der Waals surface area contributed by atoms with Crippen molar-refractivity contribution in [1.82, 2.24) is 0 Å². The minimum Gasteiger partial charge on any atom is -0.488 e. The number of rotatable bonds is 3. The minimum absolute atomic E-state index is 0.298. The average Bonchev–Trinajstić information content (AvgIpc) is 2.80. The summed E-state index contributed by atoms with van der Waals surface area (Å²) < 4.78 is 10.7. The predicted octanol–water partition coefficient (Wildman–Crippen LogP) is 2.94. The van der Waals surface area contributed by atoms with Crippen molar-refractivity contribution in [1.29, 1.82) is 0 Å². The van der Waals surface area contributed by atoms with Crippen LogP contribution in [0.3, 0.4) is 0 Å². The Morgan fingerprint density at radius 2 is 1.89 bits per heavy atom. The predicted molar refractivity (Wildman–Crippen MR) is 66.3 cm³/mol. The van der Waals surface area contributed by atoms with E-state index in [-0.39, 0.29) is 5.97 Å². The van der Waals surface area contributed by atoms with Crippen LogP contribution in [0, 0.1) is 0 Å². The number of hydrogen-bond donors (Lipinski definition) is 0. The summed E-state index contributed by atoms with van der Waals surface area (Å²) in [6.07, 6.45) is 0. The lowest BCUT2D eigenvalue weighted by atomic mass is 10.1. The van der Waals surface area contributed by atoms with Crippen LogP contribution >= 0.6 is 0 Å². The van der Waals surface area contributed by atoms with E-state index in [4.69, 9.17) is 9.47 Å². The van der Waals surface area contributed by atoms with Gasteiger partial charge in [0.15, 0.2) is 0 Å². The van der Waals surface area contributed by atoms with E-state index >= 15 is 0 Å². The second-order valence-corrected chi connectivity index (χ2v) is 4.14. The van der Waals surface area contributed by atoms with Crippen molar-refractivity contribution in [3.63, 3.8) is 0 Å². The molecule has 0 unspecified atom stereocenters. The second kappa shape index (κ2) is 4.53. The molecule has 3 rings (SSSR count). The Balaban J connectivity index is 1.82. The largest absolute Gasteiger partial charge is 0.488 e. The molecule has 3 heteroatoms. The lowest BCUT2D eigenvalue weighted by molar-refractivity contribution is 0.0532. The third-order valence-corrected chi connectivity index (χ3v) is 2.91. The van der Waals surface area contributed by atoms with Gasteiger partial charge in [-0.05, 0) is 11.6 Å². The summed E-state index contributed by atoms with van der Waals surface area (Å²) in [6.45, 7) is 0.793. The van der Waals surface area contributed by atoms with Crippen molar-refractivity contribution in [2.45, 2.75) is 13.2 Å². The van der Waals surface area contributed by atoms with Gasteiger partial charge in [0.25, 0.3) is 0 Å². The summed E-state index contributed by atoms with van der Waals surface area (Å²) >= 11 is 0. The number of benzene rings is 2. The number of ether oxygens (including phenoxy) is 2. The molecule has 0 N–H and O–H groups in total. The average molecular weight is 240 g/mol. The third kappa shape index (κ3) is 1.95. The molecular weight excluding hydrogens is 228 g/mol. The standard InChI is InChI=1S/C15H12O3/c16-15-14-12(10-18-15)7-4-8-13(14)17-9-11-5-2-1-3-6-11/h1-8H,9-10H2. The summed E-state index contributed by atoms with van der Waals surface area (Å²) in [7, 11) is 0. The lowest BCUT2D eigenvalue weighted by Gasteiger charge is -2.08. The van der Waals surface area contributed by atoms with Gasteiger partial charge >= 0.3 is 5.97 Å². The van der Waals surface area contributed by atoms with Crippen LogP contribution < -0.4 is 4.74 Å². The van der Waals surface area contributed by atoms with Gasteiger partial charge < -0.3 is 9.47 Å². The van der Waals surface area contributed by atoms with Crippen LogP contribution in [-0.2, 0) is 18.0 Å². The molecule has 2 aromatic rings. The normalized spacial score (nSPS) is 13.0. The van der Waals surface area contributed by atoms with Crippen molar-refractivity contribution in [3.05, 3.63) is 65.2 Å². The summed E-state index contributed by atoms with van der Waals surface area (Å²) in [5, 5.41) is 0. The first kappa shape index (κ1) is 10.8. The molecule has 1 aliphatic heterocycles. The first-order valence-electron chi connectivity index (χ1n) is 5.80. The molecular formula is C15H12O3. The molecule has 0 bridgehead atoms. The first-order valence-corrected chi connectivity index (χ1v) is 5.80. The molecule has 0 radical (unpaired) electrons. The molecule has 90 valence electrons. The zero-order chi connectivity index (χ0) is 12.4. The van der Waals surface area contributed by atoms with Crippen LogP contribution in [0.4, 0.5) is 0 Å². The fourth-order valence-electron chi connectivity index (χ4n) is 2.00. The maximum Gasteiger partial charge on any atom is 0.342 e. The molecule has 18 heavy (non-hydrogen) atoms. The van der Waals surface area contributed by atoms with Crippen LogP contribution in [0.15, 0.2) is 48.5 Å². The van der Waals surface area contributed by atoms with Gasteiger partial charge in [0, 0.05) is 5.56 Å². The van der Waals surface area contributed by atoms with Gasteiger partial charge in [0.1, 0.15) is 24.5 Å². The zero-order valence-corrected chi connectivity index (χ0v) is 9.76. The highest BCUT2D eigenvalue weighted by Gasteiger charge is 2.25. The van der Waals surface area contributed by atoms with Gasteiger partial charge in [0.05, 0.1) is 0 Å². The maximum absolute atomic E-state index is 11.6. The molecule has 0 spiro atoms. The van der Waals surface area contributed by atoms with E-state index in [1.165, 1.54) is 0 Å². The second-order valence-electron chi connectivity index (χ2n) is 4.14. The van der Waals surface area contributed by atoms with Crippen LogP contribution in [0.2, 0.25) is 0 Å². The molecule has 1 aliphatic rings. The molecule has 0 aliphatic carbocycles. The van der Waals surface area contributed by atoms with E-state index in [1.807, 2.05) is 42.5 Å². The Kier molecular flexibility index (Phi) is 2.73. The number of esters is 1. The van der Waals surface area contributed by atoms with Crippen molar-refractivity contribution in [2.75, 3.05) is 0 Å². The van der Waals surface area contributed by atoms with E-state index in [0.717, 1.165) is 11.1 Å². The number of hydrogen-bond acceptors (Lipinski definition) is 3. The molecule has 0 fully saturated rings. The zero-order valence-electron chi connectivity index (χ0n) is 9.76. The molecule has 0 saturated carbocycles. The third-order valence-electron chi connectivity index (χ3n) is 2.91. The van der Waals surface area contributed by atoms with Crippen molar-refractivity contribution in [3.8, 4) is 5.75 Å². The van der Waals surface area contributed by atoms with Crippen molar-refractivity contribution < 1.29 is 14.3 Å². The molecule has 2 aromatic carbocycles. The van der Waals surface area contributed by atoms with E-state index in [1.54, 1.807) is 6.07 Å². The van der Waals surface area contributed by atoms with Crippen LogP contribution in [0.25, 0.3) is 0 Å². The first-order chi connectivity index (χ1) is 8.84. The van der Waals surface area contributed by atoms with Gasteiger partial charge in [-0.2, -0.15) is 0 Å². The van der Waals surface area contributed by atoms with E-state index in [9.17, 15) is 4.79 Å². The van der Waals surface area contributed by atoms with Crippen molar-refractivity contribution in [2.24, 2.45) is 0 Å². The Morgan fingerprint density at radius 3 is 2.72 bits per heavy atom. The fourth-order valence-corrected chi connectivity index (χ4v) is 2.00. The Morgan fingerprint density at radius 1 is 1.06 bits per heavy atom. The summed E-state index contributed by atoms with van der Waals surface area (Å²) in [5.41, 5.74) is 2.53. The molecule has 0 amide bonds. The molecule has 1 heterocycles. The fraction of sp³-hybridized carbons (Fsp3) is 0.133. The van der Waals surface area contributed by atoms with Crippen molar-refractivity contribution >= 4 is 5.97 Å². The number of fused-ring (bicyclic) bond motifs is 1. The highest BCUT2D eigenvalue weighted by atomic mass is 16.5. The van der Waals surface area contributed by atoms with Gasteiger partial charge in [-0.3, -0.25) is 0 Å². The number of carbonyl (C=O) groups excluding carboxylic acids is 1. The molecule has 3 nitrogen and oxygen atoms in total. The topological polar surface area (TPSA) is 35.5 Å². The van der Waals surface area contributed by atoms with E-state index < -0.39 is 0 Å². The van der Waals surface area contributed by atoms with Gasteiger partial charge in [0.2, 0.25) is 0 Å². The lowest BCUT2D eigenvalue weighted by Crippen LogP contribution is -2.01. The van der Waals surface area contributed by atoms with Gasteiger partial charge in [-0.15, -0.1) is 0 Å². The number of carbonyl (C=O) groups is 1. The maximum atomic E-state index is 11.6. The molecule has 0 atom stereocenters. The minimum atomic E-state index is -0.298. The summed E-state index contributed by atoms with van der Waals surface area (Å²) in [4.78, 5) is 11.6. The van der Waals surface area contributed by atoms with E-state index in [0.29, 0.717) is 24.5 Å². The van der Waals surface area contributed by atoms with Gasteiger partial charge in [-0.1, -0.05) is 42.5 Å².